The van der Waals surface area contributed by atoms with Crippen molar-refractivity contribution in [2.24, 2.45) is 0 Å². The maximum atomic E-state index is 13.2. The van der Waals surface area contributed by atoms with Gasteiger partial charge in [-0.2, -0.15) is 0 Å². The van der Waals surface area contributed by atoms with Gasteiger partial charge in [0.2, 0.25) is 0 Å². The van der Waals surface area contributed by atoms with Crippen LogP contribution in [-0.2, 0) is 14.3 Å². The molecule has 35 heavy (non-hydrogen) atoms. The Morgan fingerprint density at radius 3 is 2.54 bits per heavy atom. The SMILES string of the molecule is C=CCOc1ccc([C@H]2C(=C(O)c3cc(Cl)ccc3O)C(=O)C(=O)N2CCN2CCOCC2)cc1. The minimum Gasteiger partial charge on any atom is -0.507 e. The smallest absolute Gasteiger partial charge is 0.295 e. The van der Waals surface area contributed by atoms with E-state index in [-0.39, 0.29) is 28.5 Å². The van der Waals surface area contributed by atoms with E-state index in [9.17, 15) is 19.8 Å². The van der Waals surface area contributed by atoms with E-state index in [1.807, 2.05) is 0 Å². The molecule has 0 aliphatic carbocycles. The van der Waals surface area contributed by atoms with Crippen molar-refractivity contribution in [1.29, 1.82) is 0 Å². The predicted octanol–water partition coefficient (Wildman–Crippen LogP) is 3.36. The van der Waals surface area contributed by atoms with Gasteiger partial charge in [-0.15, -0.1) is 0 Å². The summed E-state index contributed by atoms with van der Waals surface area (Å²) in [4.78, 5) is 29.9. The number of aliphatic hydroxyl groups excluding tert-OH is 1. The first-order valence-electron chi connectivity index (χ1n) is 11.3. The zero-order chi connectivity index (χ0) is 24.9. The average molecular weight is 499 g/mol. The molecule has 9 heteroatoms. The summed E-state index contributed by atoms with van der Waals surface area (Å²) in [5.74, 6) is -1.65. The molecule has 1 atom stereocenters. The molecule has 2 aromatic rings. The first kappa shape index (κ1) is 24.8. The lowest BCUT2D eigenvalue weighted by Gasteiger charge is -2.31. The molecule has 2 N–H and O–H groups in total. The highest BCUT2D eigenvalue weighted by molar-refractivity contribution is 6.46. The van der Waals surface area contributed by atoms with Crippen molar-refractivity contribution in [3.8, 4) is 11.5 Å². The average Bonchev–Trinajstić information content (AvgIpc) is 3.13. The number of morpholine rings is 1. The lowest BCUT2D eigenvalue weighted by Crippen LogP contribution is -2.42. The second kappa shape index (κ2) is 10.9. The molecule has 0 saturated carbocycles. The molecule has 4 rings (SSSR count). The highest BCUT2D eigenvalue weighted by Crippen LogP contribution is 2.41. The number of amides is 1. The summed E-state index contributed by atoms with van der Waals surface area (Å²) in [7, 11) is 0. The normalized spacial score (nSPS) is 20.3. The zero-order valence-electron chi connectivity index (χ0n) is 19.2. The first-order valence-corrected chi connectivity index (χ1v) is 11.7. The number of aromatic hydroxyl groups is 1. The van der Waals surface area contributed by atoms with Crippen LogP contribution in [0.15, 0.2) is 60.7 Å². The number of carbonyl (C=O) groups excluding carboxylic acids is 2. The molecule has 0 unspecified atom stereocenters. The molecule has 0 radical (unpaired) electrons. The molecule has 1 amide bonds. The van der Waals surface area contributed by atoms with Gasteiger partial charge in [-0.1, -0.05) is 36.4 Å². The van der Waals surface area contributed by atoms with E-state index < -0.39 is 23.5 Å². The highest BCUT2D eigenvalue weighted by Gasteiger charge is 2.46. The molecule has 2 heterocycles. The van der Waals surface area contributed by atoms with E-state index in [0.717, 1.165) is 13.1 Å². The van der Waals surface area contributed by atoms with Crippen molar-refractivity contribution in [3.05, 3.63) is 76.8 Å². The summed E-state index contributed by atoms with van der Waals surface area (Å²) in [6, 6.07) is 10.3. The van der Waals surface area contributed by atoms with Gasteiger partial charge in [0.1, 0.15) is 23.9 Å². The van der Waals surface area contributed by atoms with Gasteiger partial charge in [0.05, 0.1) is 30.4 Å². The van der Waals surface area contributed by atoms with Crippen LogP contribution < -0.4 is 4.74 Å². The Labute approximate surface area is 208 Å². The van der Waals surface area contributed by atoms with Crippen molar-refractivity contribution in [1.82, 2.24) is 9.80 Å². The molecule has 0 aromatic heterocycles. The van der Waals surface area contributed by atoms with Crippen LogP contribution in [0.1, 0.15) is 17.2 Å². The molecule has 8 nitrogen and oxygen atoms in total. The quantitative estimate of drug-likeness (QED) is 0.249. The zero-order valence-corrected chi connectivity index (χ0v) is 19.9. The third-order valence-electron chi connectivity index (χ3n) is 6.08. The minimum atomic E-state index is -0.845. The number of benzene rings is 2. The number of carbonyl (C=O) groups is 2. The minimum absolute atomic E-state index is 0.0142. The summed E-state index contributed by atoms with van der Waals surface area (Å²) < 4.78 is 10.9. The van der Waals surface area contributed by atoms with E-state index in [1.165, 1.54) is 23.1 Å². The molecule has 184 valence electrons. The number of likely N-dealkylation sites (tertiary alicyclic amines) is 1. The topological polar surface area (TPSA) is 99.5 Å². The Balaban J connectivity index is 1.74. The predicted molar refractivity (Wildman–Crippen MR) is 132 cm³/mol. The Kier molecular flexibility index (Phi) is 7.75. The summed E-state index contributed by atoms with van der Waals surface area (Å²) in [5.41, 5.74) is 0.508. The van der Waals surface area contributed by atoms with Crippen molar-refractivity contribution >= 4 is 29.1 Å². The molecule has 2 saturated heterocycles. The number of nitrogens with zero attached hydrogens (tertiary/aromatic N) is 2. The summed E-state index contributed by atoms with van der Waals surface area (Å²) in [6.45, 7) is 7.50. The maximum Gasteiger partial charge on any atom is 0.295 e. The van der Waals surface area contributed by atoms with Gasteiger partial charge in [-0.3, -0.25) is 14.5 Å². The molecule has 0 spiro atoms. The Bertz CT molecular complexity index is 1140. The van der Waals surface area contributed by atoms with E-state index >= 15 is 0 Å². The fourth-order valence-electron chi connectivity index (χ4n) is 4.28. The lowest BCUT2D eigenvalue weighted by molar-refractivity contribution is -0.140. The number of Topliss-reactive ketones (excluding diaryl/α,β-unsaturated/α-hetero) is 1. The van der Waals surface area contributed by atoms with Crippen LogP contribution in [0.25, 0.3) is 5.76 Å². The second-order valence-corrected chi connectivity index (χ2v) is 8.71. The number of halogens is 1. The third kappa shape index (κ3) is 5.35. The number of aliphatic hydroxyl groups is 1. The molecular formula is C26H27ClN2O6. The molecule has 2 aromatic carbocycles. The molecule has 0 bridgehead atoms. The van der Waals surface area contributed by atoms with Gasteiger partial charge in [0, 0.05) is 31.2 Å². The van der Waals surface area contributed by atoms with Gasteiger partial charge < -0.3 is 24.6 Å². The van der Waals surface area contributed by atoms with Crippen molar-refractivity contribution < 1.29 is 29.3 Å². The van der Waals surface area contributed by atoms with Crippen LogP contribution in [0.2, 0.25) is 5.02 Å². The number of hydrogen-bond donors (Lipinski definition) is 2. The third-order valence-corrected chi connectivity index (χ3v) is 6.31. The number of rotatable bonds is 8. The van der Waals surface area contributed by atoms with Crippen molar-refractivity contribution in [2.75, 3.05) is 46.0 Å². The van der Waals surface area contributed by atoms with Crippen LogP contribution in [0.5, 0.6) is 11.5 Å². The molecule has 2 aliphatic heterocycles. The Hall–Kier alpha value is -3.33. The summed E-state index contributed by atoms with van der Waals surface area (Å²) >= 11 is 6.07. The largest absolute Gasteiger partial charge is 0.507 e. The summed E-state index contributed by atoms with van der Waals surface area (Å²) in [5, 5.41) is 21.7. The van der Waals surface area contributed by atoms with Gasteiger partial charge in [-0.05, 0) is 35.9 Å². The van der Waals surface area contributed by atoms with E-state index in [2.05, 4.69) is 11.5 Å². The number of ketones is 1. The Morgan fingerprint density at radius 1 is 1.14 bits per heavy atom. The first-order chi connectivity index (χ1) is 16.9. The number of ether oxygens (including phenoxy) is 2. The van der Waals surface area contributed by atoms with Crippen LogP contribution in [0, 0.1) is 0 Å². The van der Waals surface area contributed by atoms with Crippen LogP contribution in [-0.4, -0.2) is 77.7 Å². The number of hydrogen-bond acceptors (Lipinski definition) is 7. The number of phenolic OH excluding ortho intramolecular Hbond substituents is 1. The van der Waals surface area contributed by atoms with Crippen molar-refractivity contribution in [2.45, 2.75) is 6.04 Å². The second-order valence-electron chi connectivity index (χ2n) is 8.28. The standard InChI is InChI=1S/C26H27ClN2O6/c1-2-13-35-19-6-3-17(4-7-19)23-22(24(31)20-16-18(27)5-8-21(20)30)25(32)26(33)29(23)10-9-28-11-14-34-15-12-28/h2-8,16,23,30-31H,1,9-15H2/t23-/m0/s1. The fraction of sp³-hybridized carbons (Fsp3) is 0.308. The van der Waals surface area contributed by atoms with E-state index in [1.54, 1.807) is 30.3 Å². The highest BCUT2D eigenvalue weighted by atomic mass is 35.5. The van der Waals surface area contributed by atoms with Crippen LogP contribution >= 0.6 is 11.6 Å². The number of phenols is 1. The van der Waals surface area contributed by atoms with Gasteiger partial charge in [0.25, 0.3) is 11.7 Å². The van der Waals surface area contributed by atoms with Crippen LogP contribution in [0.4, 0.5) is 0 Å². The fourth-order valence-corrected chi connectivity index (χ4v) is 4.45. The summed E-state index contributed by atoms with van der Waals surface area (Å²) in [6.07, 6.45) is 1.63. The van der Waals surface area contributed by atoms with Gasteiger partial charge in [0.15, 0.2) is 0 Å². The molecular weight excluding hydrogens is 472 g/mol. The maximum absolute atomic E-state index is 13.2. The Morgan fingerprint density at radius 2 is 1.86 bits per heavy atom. The van der Waals surface area contributed by atoms with E-state index in [0.29, 0.717) is 37.7 Å². The van der Waals surface area contributed by atoms with Gasteiger partial charge in [-0.25, -0.2) is 0 Å². The van der Waals surface area contributed by atoms with Gasteiger partial charge >= 0.3 is 0 Å². The molecule has 2 aliphatic rings. The van der Waals surface area contributed by atoms with E-state index in [4.69, 9.17) is 21.1 Å². The molecule has 2 fully saturated rings. The lowest BCUT2D eigenvalue weighted by atomic mass is 9.95. The van der Waals surface area contributed by atoms with Crippen LogP contribution in [0.3, 0.4) is 0 Å². The van der Waals surface area contributed by atoms with Crippen molar-refractivity contribution in [3.63, 3.8) is 0 Å². The monoisotopic (exact) mass is 498 g/mol.